The normalized spacial score (nSPS) is 10.8. The van der Waals surface area contributed by atoms with Crippen molar-refractivity contribution in [2.45, 2.75) is 45.4 Å². The molecule has 39 heavy (non-hydrogen) atoms. The Morgan fingerprint density at radius 3 is 2.28 bits per heavy atom. The molecule has 0 aliphatic heterocycles. The second kappa shape index (κ2) is 14.7. The number of unbranched alkanes of at least 4 members (excludes halogenated alkanes) is 2. The molecule has 0 aliphatic rings. The van der Waals surface area contributed by atoms with Crippen molar-refractivity contribution < 1.29 is 9.59 Å². The van der Waals surface area contributed by atoms with Crippen LogP contribution >= 0.6 is 27.3 Å². The van der Waals surface area contributed by atoms with E-state index in [4.69, 9.17) is 0 Å². The van der Waals surface area contributed by atoms with Gasteiger partial charge in [0.15, 0.2) is 0 Å². The molecular weight excluding hydrogens is 572 g/mol. The van der Waals surface area contributed by atoms with Gasteiger partial charge in [0, 0.05) is 35.1 Å². The fourth-order valence-corrected chi connectivity index (χ4v) is 5.23. The molecule has 0 aliphatic carbocycles. The number of aromatic nitrogens is 2. The van der Waals surface area contributed by atoms with Crippen LogP contribution in [0.15, 0.2) is 83.3 Å². The van der Waals surface area contributed by atoms with Crippen LogP contribution in [0.5, 0.6) is 0 Å². The van der Waals surface area contributed by atoms with Crippen LogP contribution in [0.4, 0.5) is 5.13 Å². The number of halogens is 1. The molecule has 202 valence electrons. The Kier molecular flexibility index (Phi) is 10.8. The Balaban J connectivity index is 1.38. The lowest BCUT2D eigenvalue weighted by molar-refractivity contribution is -0.116. The van der Waals surface area contributed by atoms with Crippen molar-refractivity contribution in [3.63, 3.8) is 0 Å². The van der Waals surface area contributed by atoms with E-state index >= 15 is 0 Å². The van der Waals surface area contributed by atoms with Crippen molar-refractivity contribution in [2.24, 2.45) is 0 Å². The number of hydrogen-bond acceptors (Lipinski definition) is 5. The zero-order valence-electron chi connectivity index (χ0n) is 22.1. The number of carbonyl (C=O) groups excluding carboxylic acids is 2. The van der Waals surface area contributed by atoms with Crippen molar-refractivity contribution in [3.05, 3.63) is 100 Å². The quantitative estimate of drug-likeness (QED) is 0.161. The predicted octanol–water partition coefficient (Wildman–Crippen LogP) is 7.41. The molecule has 0 radical (unpaired) electrons. The third-order valence-electron chi connectivity index (χ3n) is 6.44. The topological polar surface area (TPSA) is 75.2 Å². The maximum absolute atomic E-state index is 13.5. The first-order valence-corrected chi connectivity index (χ1v) is 14.9. The zero-order chi connectivity index (χ0) is 27.5. The summed E-state index contributed by atoms with van der Waals surface area (Å²) < 4.78 is 0.985. The molecular formula is C31H33BrN4O2S. The standard InChI is InChI=1S/C31H33BrN4O2S/c1-2-3-5-8-24-11-13-26(14-12-24)30(38)36(21-19-23-9-6-4-7-10-23)22-20-28(37)33-31-35-34-29(39-31)25-15-17-27(32)18-16-25/h4,6-7,9-18H,2-3,5,8,19-22H2,1H3,(H,33,35,37). The summed E-state index contributed by atoms with van der Waals surface area (Å²) in [7, 11) is 0. The molecule has 6 nitrogen and oxygen atoms in total. The van der Waals surface area contributed by atoms with Crippen molar-refractivity contribution in [2.75, 3.05) is 18.4 Å². The van der Waals surface area contributed by atoms with Crippen LogP contribution in [0.25, 0.3) is 10.6 Å². The summed E-state index contributed by atoms with van der Waals surface area (Å²) in [6, 6.07) is 25.8. The molecule has 4 aromatic rings. The summed E-state index contributed by atoms with van der Waals surface area (Å²) >= 11 is 4.75. The van der Waals surface area contributed by atoms with Gasteiger partial charge in [0.2, 0.25) is 11.0 Å². The summed E-state index contributed by atoms with van der Waals surface area (Å²) in [6.07, 6.45) is 5.46. The minimum atomic E-state index is -0.197. The van der Waals surface area contributed by atoms with Gasteiger partial charge in [-0.3, -0.25) is 9.59 Å². The van der Waals surface area contributed by atoms with Gasteiger partial charge in [0.05, 0.1) is 0 Å². The van der Waals surface area contributed by atoms with Crippen molar-refractivity contribution >= 4 is 44.2 Å². The van der Waals surface area contributed by atoms with Gasteiger partial charge in [-0.15, -0.1) is 10.2 Å². The largest absolute Gasteiger partial charge is 0.338 e. The maximum atomic E-state index is 13.5. The Hall–Kier alpha value is -3.36. The first-order chi connectivity index (χ1) is 19.0. The lowest BCUT2D eigenvalue weighted by Gasteiger charge is -2.23. The van der Waals surface area contributed by atoms with Crippen LogP contribution in [0.3, 0.4) is 0 Å². The van der Waals surface area contributed by atoms with Gasteiger partial charge in [-0.1, -0.05) is 102 Å². The fraction of sp³-hybridized carbons (Fsp3) is 0.290. The minimum absolute atomic E-state index is 0.0627. The van der Waals surface area contributed by atoms with Gasteiger partial charge in [0.25, 0.3) is 5.91 Å². The summed E-state index contributed by atoms with van der Waals surface area (Å²) in [6.45, 7) is 3.04. The molecule has 4 rings (SSSR count). The molecule has 3 aromatic carbocycles. The smallest absolute Gasteiger partial charge is 0.253 e. The number of nitrogens with zero attached hydrogens (tertiary/aromatic N) is 3. The molecule has 0 spiro atoms. The van der Waals surface area contributed by atoms with E-state index in [1.54, 1.807) is 4.90 Å². The van der Waals surface area contributed by atoms with E-state index in [0.29, 0.717) is 23.8 Å². The molecule has 1 N–H and O–H groups in total. The van der Waals surface area contributed by atoms with Crippen LogP contribution in [-0.2, 0) is 17.6 Å². The summed E-state index contributed by atoms with van der Waals surface area (Å²) in [5.74, 6) is -0.260. The summed E-state index contributed by atoms with van der Waals surface area (Å²) in [4.78, 5) is 28.0. The number of amides is 2. The lowest BCUT2D eigenvalue weighted by atomic mass is 10.0. The third-order valence-corrected chi connectivity index (χ3v) is 7.86. The number of carbonyl (C=O) groups is 2. The van der Waals surface area contributed by atoms with E-state index in [0.717, 1.165) is 39.9 Å². The highest BCUT2D eigenvalue weighted by molar-refractivity contribution is 9.10. The fourth-order valence-electron chi connectivity index (χ4n) is 4.20. The Morgan fingerprint density at radius 1 is 0.846 bits per heavy atom. The van der Waals surface area contributed by atoms with Crippen LogP contribution < -0.4 is 5.32 Å². The molecule has 0 saturated heterocycles. The zero-order valence-corrected chi connectivity index (χ0v) is 24.5. The number of hydrogen-bond donors (Lipinski definition) is 1. The molecule has 0 atom stereocenters. The average Bonchev–Trinajstić information content (AvgIpc) is 3.42. The van der Waals surface area contributed by atoms with Gasteiger partial charge in [0.1, 0.15) is 5.01 Å². The number of rotatable bonds is 13. The van der Waals surface area contributed by atoms with Crippen LogP contribution in [0, 0.1) is 0 Å². The summed E-state index contributed by atoms with van der Waals surface area (Å²) in [5.41, 5.74) is 3.98. The Labute approximate surface area is 242 Å². The Bertz CT molecular complexity index is 1340. The van der Waals surface area contributed by atoms with Crippen LogP contribution in [-0.4, -0.2) is 40.0 Å². The third kappa shape index (κ3) is 8.83. The second-order valence-corrected chi connectivity index (χ2v) is 11.3. The van der Waals surface area contributed by atoms with Crippen molar-refractivity contribution in [1.82, 2.24) is 15.1 Å². The van der Waals surface area contributed by atoms with Crippen LogP contribution in [0.1, 0.15) is 54.1 Å². The van der Waals surface area contributed by atoms with Gasteiger partial charge in [-0.25, -0.2) is 0 Å². The maximum Gasteiger partial charge on any atom is 0.253 e. The van der Waals surface area contributed by atoms with Gasteiger partial charge in [-0.2, -0.15) is 0 Å². The highest BCUT2D eigenvalue weighted by atomic mass is 79.9. The van der Waals surface area contributed by atoms with E-state index in [2.05, 4.69) is 50.5 Å². The van der Waals surface area contributed by atoms with Crippen molar-refractivity contribution in [3.8, 4) is 10.6 Å². The van der Waals surface area contributed by atoms with E-state index < -0.39 is 0 Å². The molecule has 8 heteroatoms. The van der Waals surface area contributed by atoms with E-state index in [1.165, 1.54) is 29.7 Å². The van der Waals surface area contributed by atoms with Crippen molar-refractivity contribution in [1.29, 1.82) is 0 Å². The second-order valence-electron chi connectivity index (χ2n) is 9.40. The van der Waals surface area contributed by atoms with Gasteiger partial charge < -0.3 is 10.2 Å². The predicted molar refractivity (Wildman–Crippen MR) is 162 cm³/mol. The molecule has 1 heterocycles. The van der Waals surface area contributed by atoms with Gasteiger partial charge in [-0.05, 0) is 54.7 Å². The van der Waals surface area contributed by atoms with Crippen LogP contribution in [0.2, 0.25) is 0 Å². The molecule has 2 amide bonds. The molecule has 0 bridgehead atoms. The van der Waals surface area contributed by atoms with Gasteiger partial charge >= 0.3 is 0 Å². The highest BCUT2D eigenvalue weighted by Gasteiger charge is 2.18. The first kappa shape index (κ1) is 28.6. The minimum Gasteiger partial charge on any atom is -0.338 e. The first-order valence-electron chi connectivity index (χ1n) is 13.3. The monoisotopic (exact) mass is 604 g/mol. The molecule has 0 fully saturated rings. The summed E-state index contributed by atoms with van der Waals surface area (Å²) in [5, 5.41) is 12.3. The molecule has 1 aromatic heterocycles. The highest BCUT2D eigenvalue weighted by Crippen LogP contribution is 2.27. The lowest BCUT2D eigenvalue weighted by Crippen LogP contribution is -2.35. The molecule has 0 saturated carbocycles. The average molecular weight is 606 g/mol. The van der Waals surface area contributed by atoms with E-state index in [1.807, 2.05) is 66.7 Å². The number of aryl methyl sites for hydroxylation is 1. The number of nitrogens with one attached hydrogen (secondary N) is 1. The van der Waals surface area contributed by atoms with E-state index in [-0.39, 0.29) is 18.2 Å². The SMILES string of the molecule is CCCCCc1ccc(C(=O)N(CCC(=O)Nc2nnc(-c3ccc(Br)cc3)s2)CCc2ccccc2)cc1. The van der Waals surface area contributed by atoms with E-state index in [9.17, 15) is 9.59 Å². The molecule has 0 unspecified atom stereocenters. The number of anilines is 1. The number of benzene rings is 3. The Morgan fingerprint density at radius 2 is 1.56 bits per heavy atom.